The summed E-state index contributed by atoms with van der Waals surface area (Å²) in [4.78, 5) is 18.4. The maximum Gasteiger partial charge on any atom is 0.277 e. The molecule has 0 heterocycles. The van der Waals surface area contributed by atoms with E-state index in [0.29, 0.717) is 0 Å². The van der Waals surface area contributed by atoms with Crippen LogP contribution in [0, 0.1) is 0 Å². The Bertz CT molecular complexity index is 734. The predicted octanol–water partition coefficient (Wildman–Crippen LogP) is 3.88. The van der Waals surface area contributed by atoms with Crippen molar-refractivity contribution < 1.29 is 9.63 Å². The highest BCUT2D eigenvalue weighted by molar-refractivity contribution is 6.01. The molecule has 0 aromatic heterocycles. The fourth-order valence-electron chi connectivity index (χ4n) is 3.66. The van der Waals surface area contributed by atoms with Crippen LogP contribution in [0.2, 0.25) is 0 Å². The van der Waals surface area contributed by atoms with Crippen LogP contribution in [0.15, 0.2) is 30.3 Å². The molecular formula is C19H21NO2. The van der Waals surface area contributed by atoms with E-state index < -0.39 is 0 Å². The van der Waals surface area contributed by atoms with Gasteiger partial charge in [-0.2, -0.15) is 0 Å². The summed E-state index contributed by atoms with van der Waals surface area (Å²) in [5.74, 6) is 0.0360. The van der Waals surface area contributed by atoms with Gasteiger partial charge in [0.2, 0.25) is 0 Å². The van der Waals surface area contributed by atoms with Gasteiger partial charge in [0.05, 0.1) is 13.2 Å². The lowest BCUT2D eigenvalue weighted by molar-refractivity contribution is -0.102. The van der Waals surface area contributed by atoms with Crippen LogP contribution < -0.4 is 0 Å². The van der Waals surface area contributed by atoms with Crippen molar-refractivity contribution in [2.45, 2.75) is 44.6 Å². The lowest BCUT2D eigenvalue weighted by Gasteiger charge is -2.25. The zero-order valence-electron chi connectivity index (χ0n) is 13.0. The first-order chi connectivity index (χ1) is 10.8. The smallest absolute Gasteiger partial charge is 0.274 e. The molecule has 0 spiro atoms. The van der Waals surface area contributed by atoms with Gasteiger partial charge >= 0.3 is 0 Å². The summed E-state index contributed by atoms with van der Waals surface area (Å²) in [5, 5.41) is 4.06. The Hall–Kier alpha value is -1.87. The second-order valence-electron chi connectivity index (χ2n) is 6.35. The number of carbonyl (C=O) groups is 1. The van der Waals surface area contributed by atoms with E-state index in [-0.39, 0.29) is 11.9 Å². The van der Waals surface area contributed by atoms with Gasteiger partial charge in [-0.3, -0.25) is 9.63 Å². The van der Waals surface area contributed by atoms with Crippen molar-refractivity contribution in [1.82, 2.24) is 5.06 Å². The summed E-state index contributed by atoms with van der Waals surface area (Å²) < 4.78 is 0. The van der Waals surface area contributed by atoms with Crippen molar-refractivity contribution in [3.63, 3.8) is 0 Å². The second-order valence-corrected chi connectivity index (χ2v) is 6.35. The topological polar surface area (TPSA) is 29.5 Å². The van der Waals surface area contributed by atoms with Gasteiger partial charge in [-0.1, -0.05) is 24.3 Å². The number of hydroxylamine groups is 2. The third kappa shape index (κ3) is 2.20. The van der Waals surface area contributed by atoms with Gasteiger partial charge in [-0.15, -0.1) is 0 Å². The van der Waals surface area contributed by atoms with Crippen molar-refractivity contribution in [3.8, 4) is 0 Å². The first-order valence-electron chi connectivity index (χ1n) is 8.21. The molecule has 2 aromatic rings. The van der Waals surface area contributed by atoms with Crippen LogP contribution >= 0.6 is 0 Å². The Morgan fingerprint density at radius 2 is 1.86 bits per heavy atom. The van der Waals surface area contributed by atoms with Crippen LogP contribution in [-0.4, -0.2) is 24.1 Å². The molecule has 0 aliphatic heterocycles. The Kier molecular flexibility index (Phi) is 3.38. The lowest BCUT2D eigenvalue weighted by Crippen LogP contribution is -2.33. The average Bonchev–Trinajstić information content (AvgIpc) is 3.39. The van der Waals surface area contributed by atoms with Crippen LogP contribution in [0.4, 0.5) is 0 Å². The molecule has 0 N–H and O–H groups in total. The summed E-state index contributed by atoms with van der Waals surface area (Å²) in [6.45, 7) is 0. The summed E-state index contributed by atoms with van der Waals surface area (Å²) in [6, 6.07) is 10.8. The molecule has 2 aromatic carbocycles. The number of aryl methyl sites for hydroxylation is 1. The molecule has 1 saturated carbocycles. The Balaban J connectivity index is 1.87. The maximum atomic E-state index is 13.0. The normalized spacial score (nSPS) is 17.3. The highest BCUT2D eigenvalue weighted by Crippen LogP contribution is 2.34. The molecule has 2 aliphatic rings. The van der Waals surface area contributed by atoms with Crippen LogP contribution in [0.3, 0.4) is 0 Å². The van der Waals surface area contributed by atoms with E-state index in [1.54, 1.807) is 12.2 Å². The number of amides is 1. The van der Waals surface area contributed by atoms with Crippen molar-refractivity contribution >= 4 is 16.7 Å². The molecule has 2 aliphatic carbocycles. The highest BCUT2D eigenvalue weighted by Gasteiger charge is 2.35. The standard InChI is InChI=1S/C19H21NO2/c1-22-20(14-10-11-14)19(21)18-12-13-6-2-3-7-15(13)16-8-4-5-9-17(16)18/h2-3,6-7,12,14H,4-5,8-11H2,1H3. The predicted molar refractivity (Wildman–Crippen MR) is 86.8 cm³/mol. The van der Waals surface area contributed by atoms with Gasteiger partial charge in [0.25, 0.3) is 5.91 Å². The first-order valence-corrected chi connectivity index (χ1v) is 8.21. The van der Waals surface area contributed by atoms with Gasteiger partial charge in [-0.25, -0.2) is 5.06 Å². The lowest BCUT2D eigenvalue weighted by atomic mass is 9.84. The number of hydrogen-bond donors (Lipinski definition) is 0. The molecule has 114 valence electrons. The molecule has 0 atom stereocenters. The summed E-state index contributed by atoms with van der Waals surface area (Å²) in [7, 11) is 1.60. The SMILES string of the molecule is CON(C(=O)c1cc2ccccc2c2c1CCCC2)C1CC1. The number of carbonyl (C=O) groups excluding carboxylic acids is 1. The highest BCUT2D eigenvalue weighted by atomic mass is 16.7. The Morgan fingerprint density at radius 1 is 1.14 bits per heavy atom. The van der Waals surface area contributed by atoms with Gasteiger partial charge < -0.3 is 0 Å². The van der Waals surface area contributed by atoms with E-state index in [9.17, 15) is 4.79 Å². The minimum atomic E-state index is 0.0360. The Morgan fingerprint density at radius 3 is 2.59 bits per heavy atom. The van der Waals surface area contributed by atoms with Crippen LogP contribution in [0.1, 0.15) is 47.2 Å². The average molecular weight is 295 g/mol. The molecule has 1 fully saturated rings. The van der Waals surface area contributed by atoms with E-state index in [1.807, 2.05) is 6.07 Å². The number of nitrogens with zero attached hydrogens (tertiary/aromatic N) is 1. The van der Waals surface area contributed by atoms with E-state index in [0.717, 1.165) is 31.2 Å². The summed E-state index contributed by atoms with van der Waals surface area (Å²) in [5.41, 5.74) is 3.47. The second kappa shape index (κ2) is 5.40. The molecule has 0 bridgehead atoms. The minimum absolute atomic E-state index is 0.0360. The fourth-order valence-corrected chi connectivity index (χ4v) is 3.66. The van der Waals surface area contributed by atoms with Gasteiger partial charge in [-0.05, 0) is 66.5 Å². The van der Waals surface area contributed by atoms with Gasteiger partial charge in [0, 0.05) is 5.56 Å². The van der Waals surface area contributed by atoms with Gasteiger partial charge in [0.15, 0.2) is 0 Å². The number of benzene rings is 2. The van der Waals surface area contributed by atoms with E-state index in [1.165, 1.54) is 34.7 Å². The maximum absolute atomic E-state index is 13.0. The molecule has 3 nitrogen and oxygen atoms in total. The molecule has 0 radical (unpaired) electrons. The monoisotopic (exact) mass is 295 g/mol. The first kappa shape index (κ1) is 13.8. The van der Waals surface area contributed by atoms with E-state index in [4.69, 9.17) is 4.84 Å². The molecule has 22 heavy (non-hydrogen) atoms. The molecule has 4 rings (SSSR count). The molecule has 0 unspecified atom stereocenters. The molecular weight excluding hydrogens is 274 g/mol. The van der Waals surface area contributed by atoms with Crippen molar-refractivity contribution in [2.24, 2.45) is 0 Å². The van der Waals surface area contributed by atoms with E-state index >= 15 is 0 Å². The molecule has 0 saturated heterocycles. The molecule has 3 heteroatoms. The zero-order chi connectivity index (χ0) is 15.1. The molecule has 1 amide bonds. The van der Waals surface area contributed by atoms with Gasteiger partial charge in [0.1, 0.15) is 0 Å². The quantitative estimate of drug-likeness (QED) is 0.804. The van der Waals surface area contributed by atoms with Crippen molar-refractivity contribution in [1.29, 1.82) is 0 Å². The summed E-state index contributed by atoms with van der Waals surface area (Å²) in [6.07, 6.45) is 6.56. The van der Waals surface area contributed by atoms with Crippen LogP contribution in [0.5, 0.6) is 0 Å². The minimum Gasteiger partial charge on any atom is -0.274 e. The van der Waals surface area contributed by atoms with Crippen molar-refractivity contribution in [2.75, 3.05) is 7.11 Å². The van der Waals surface area contributed by atoms with Crippen LogP contribution in [0.25, 0.3) is 10.8 Å². The zero-order valence-corrected chi connectivity index (χ0v) is 13.0. The summed E-state index contributed by atoms with van der Waals surface area (Å²) >= 11 is 0. The largest absolute Gasteiger partial charge is 0.277 e. The third-order valence-corrected chi connectivity index (χ3v) is 4.88. The fraction of sp³-hybridized carbons (Fsp3) is 0.421. The number of rotatable bonds is 3. The van der Waals surface area contributed by atoms with E-state index in [2.05, 4.69) is 24.3 Å². The number of hydrogen-bond acceptors (Lipinski definition) is 2. The van der Waals surface area contributed by atoms with Crippen LogP contribution in [-0.2, 0) is 17.7 Å². The number of fused-ring (bicyclic) bond motifs is 3. The Labute approximate surface area is 130 Å². The third-order valence-electron chi connectivity index (χ3n) is 4.88. The van der Waals surface area contributed by atoms with Crippen molar-refractivity contribution in [3.05, 3.63) is 47.0 Å².